The summed E-state index contributed by atoms with van der Waals surface area (Å²) in [6, 6.07) is 7.44. The smallest absolute Gasteiger partial charge is 0.253 e. The zero-order valence-corrected chi connectivity index (χ0v) is 18.5. The largest absolute Gasteiger partial charge is 0.350 e. The number of amides is 2. The molecule has 0 aliphatic heterocycles. The molecule has 2 amide bonds. The van der Waals surface area contributed by atoms with Gasteiger partial charge in [0.15, 0.2) is 11.6 Å². The third-order valence-electron chi connectivity index (χ3n) is 4.67. The average Bonchev–Trinajstić information content (AvgIpc) is 2.69. The van der Waals surface area contributed by atoms with E-state index in [9.17, 15) is 26.8 Å². The topological polar surface area (TPSA) is 95.6 Å². The Balaban J connectivity index is 2.33. The van der Waals surface area contributed by atoms with Gasteiger partial charge in [-0.25, -0.2) is 17.2 Å². The van der Waals surface area contributed by atoms with Crippen molar-refractivity contribution in [3.8, 4) is 0 Å². The van der Waals surface area contributed by atoms with E-state index < -0.39 is 39.5 Å². The lowest BCUT2D eigenvalue weighted by Crippen LogP contribution is -2.45. The van der Waals surface area contributed by atoms with Gasteiger partial charge in [0.05, 0.1) is 23.2 Å². The molecule has 10 heteroatoms. The summed E-state index contributed by atoms with van der Waals surface area (Å²) in [5, 5.41) is 5.36. The number of hydrogen-bond acceptors (Lipinski definition) is 4. The lowest BCUT2D eigenvalue weighted by Gasteiger charge is -2.28. The molecule has 2 rings (SSSR count). The van der Waals surface area contributed by atoms with Crippen molar-refractivity contribution >= 4 is 33.2 Å². The molecule has 0 bridgehead atoms. The summed E-state index contributed by atoms with van der Waals surface area (Å²) in [6.45, 7) is 5.06. The van der Waals surface area contributed by atoms with E-state index in [4.69, 9.17) is 0 Å². The molecule has 2 aromatic carbocycles. The highest BCUT2D eigenvalue weighted by Crippen LogP contribution is 2.24. The fraction of sp³-hybridized carbons (Fsp3) is 0.333. The summed E-state index contributed by atoms with van der Waals surface area (Å²) in [5.41, 5.74) is 0.202. The van der Waals surface area contributed by atoms with Gasteiger partial charge < -0.3 is 10.6 Å². The quantitative estimate of drug-likeness (QED) is 0.641. The van der Waals surface area contributed by atoms with Crippen LogP contribution >= 0.6 is 0 Å². The van der Waals surface area contributed by atoms with Crippen molar-refractivity contribution in [1.82, 2.24) is 5.32 Å². The Morgan fingerprint density at radius 1 is 1.06 bits per heavy atom. The third kappa shape index (κ3) is 6.00. The highest BCUT2D eigenvalue weighted by atomic mass is 32.2. The van der Waals surface area contributed by atoms with E-state index in [1.165, 1.54) is 19.1 Å². The van der Waals surface area contributed by atoms with Crippen LogP contribution in [0.1, 0.15) is 37.6 Å². The molecule has 0 unspecified atom stereocenters. The van der Waals surface area contributed by atoms with E-state index in [1.807, 2.05) is 13.8 Å². The van der Waals surface area contributed by atoms with E-state index in [0.717, 1.165) is 24.8 Å². The van der Waals surface area contributed by atoms with Gasteiger partial charge in [-0.15, -0.1) is 0 Å². The van der Waals surface area contributed by atoms with Gasteiger partial charge in [-0.1, -0.05) is 19.1 Å². The van der Waals surface area contributed by atoms with Crippen LogP contribution in [0.3, 0.4) is 0 Å². The second-order valence-corrected chi connectivity index (χ2v) is 9.01. The number of carbonyl (C=O) groups excluding carboxylic acids is 2. The maximum Gasteiger partial charge on any atom is 0.253 e. The number of anilines is 2. The molecule has 7 nitrogen and oxygen atoms in total. The summed E-state index contributed by atoms with van der Waals surface area (Å²) in [6.07, 6.45) is 1.57. The second-order valence-electron chi connectivity index (χ2n) is 7.15. The van der Waals surface area contributed by atoms with Crippen LogP contribution in [-0.4, -0.2) is 38.6 Å². The van der Waals surface area contributed by atoms with Crippen LogP contribution < -0.4 is 14.9 Å². The highest BCUT2D eigenvalue weighted by molar-refractivity contribution is 7.92. The molecule has 0 fully saturated rings. The molecular weight excluding hydrogens is 428 g/mol. The van der Waals surface area contributed by atoms with Crippen molar-refractivity contribution in [3.63, 3.8) is 0 Å². The average molecular weight is 454 g/mol. The third-order valence-corrected chi connectivity index (χ3v) is 5.91. The molecule has 0 spiro atoms. The molecule has 0 aromatic heterocycles. The first-order chi connectivity index (χ1) is 14.5. The number of nitrogens with one attached hydrogen (secondary N) is 2. The van der Waals surface area contributed by atoms with Crippen LogP contribution in [0, 0.1) is 11.6 Å². The molecule has 0 aliphatic carbocycles. The Morgan fingerprint density at radius 3 is 2.29 bits per heavy atom. The van der Waals surface area contributed by atoms with Gasteiger partial charge in [-0.3, -0.25) is 13.9 Å². The fourth-order valence-corrected chi connectivity index (χ4v) is 4.03. The summed E-state index contributed by atoms with van der Waals surface area (Å²) in [5.74, 6) is -3.53. The number of carbonyl (C=O) groups is 2. The first-order valence-electron chi connectivity index (χ1n) is 9.60. The standard InChI is InChI=1S/C21H25F2N3O4S/c1-5-13(2)24-21(28)16-8-6-7-9-19(16)25-20(27)14(3)26(31(4,29)30)15-10-11-17(22)18(23)12-15/h6-14H,5H2,1-4H3,(H,24,28)(H,25,27)/t13-,14+/m1/s1. The van der Waals surface area contributed by atoms with E-state index in [0.29, 0.717) is 10.4 Å². The maximum atomic E-state index is 13.7. The summed E-state index contributed by atoms with van der Waals surface area (Å²) in [7, 11) is -4.03. The summed E-state index contributed by atoms with van der Waals surface area (Å²) < 4.78 is 52.3. The molecule has 2 atom stereocenters. The van der Waals surface area contributed by atoms with Crippen LogP contribution in [0.15, 0.2) is 42.5 Å². The molecule has 0 aliphatic rings. The monoisotopic (exact) mass is 453 g/mol. The Kier molecular flexibility index (Phi) is 7.72. The van der Waals surface area contributed by atoms with Crippen molar-refractivity contribution in [3.05, 3.63) is 59.7 Å². The van der Waals surface area contributed by atoms with E-state index in [2.05, 4.69) is 10.6 Å². The first kappa shape index (κ1) is 24.3. The van der Waals surface area contributed by atoms with Gasteiger partial charge >= 0.3 is 0 Å². The molecule has 0 saturated carbocycles. The Labute approximate surface area is 180 Å². The molecule has 31 heavy (non-hydrogen) atoms. The van der Waals surface area contributed by atoms with Gasteiger partial charge in [-0.2, -0.15) is 0 Å². The van der Waals surface area contributed by atoms with Gasteiger partial charge in [-0.05, 0) is 44.5 Å². The SMILES string of the molecule is CC[C@@H](C)NC(=O)c1ccccc1NC(=O)[C@H](C)N(c1ccc(F)c(F)c1)S(C)(=O)=O. The lowest BCUT2D eigenvalue weighted by molar-refractivity contribution is -0.116. The van der Waals surface area contributed by atoms with Crippen molar-refractivity contribution < 1.29 is 26.8 Å². The molecular formula is C21H25F2N3O4S. The highest BCUT2D eigenvalue weighted by Gasteiger charge is 2.30. The number of sulfonamides is 1. The van der Waals surface area contributed by atoms with Gasteiger partial charge in [0, 0.05) is 12.1 Å². The summed E-state index contributed by atoms with van der Waals surface area (Å²) in [4.78, 5) is 25.4. The Bertz CT molecular complexity index is 1080. The minimum absolute atomic E-state index is 0.0794. The van der Waals surface area contributed by atoms with Crippen molar-refractivity contribution in [2.45, 2.75) is 39.3 Å². The number of halogens is 2. The lowest BCUT2D eigenvalue weighted by atomic mass is 10.1. The molecule has 0 saturated heterocycles. The van der Waals surface area contributed by atoms with Crippen molar-refractivity contribution in [1.29, 1.82) is 0 Å². The summed E-state index contributed by atoms with van der Waals surface area (Å²) >= 11 is 0. The van der Waals surface area contributed by atoms with E-state index in [1.54, 1.807) is 12.1 Å². The van der Waals surface area contributed by atoms with E-state index in [-0.39, 0.29) is 23.0 Å². The molecule has 2 aromatic rings. The van der Waals surface area contributed by atoms with Crippen molar-refractivity contribution in [2.75, 3.05) is 15.9 Å². The van der Waals surface area contributed by atoms with Crippen LogP contribution in [-0.2, 0) is 14.8 Å². The molecule has 2 N–H and O–H groups in total. The van der Waals surface area contributed by atoms with Gasteiger partial charge in [0.2, 0.25) is 15.9 Å². The maximum absolute atomic E-state index is 13.7. The Hall–Kier alpha value is -3.01. The fourth-order valence-electron chi connectivity index (χ4n) is 2.86. The van der Waals surface area contributed by atoms with Gasteiger partial charge in [0.25, 0.3) is 5.91 Å². The normalized spacial score (nSPS) is 13.2. The number of para-hydroxylation sites is 1. The van der Waals surface area contributed by atoms with Gasteiger partial charge in [0.1, 0.15) is 6.04 Å². The van der Waals surface area contributed by atoms with Crippen LogP contribution in [0.25, 0.3) is 0 Å². The van der Waals surface area contributed by atoms with Crippen LogP contribution in [0.2, 0.25) is 0 Å². The molecule has 0 radical (unpaired) electrons. The first-order valence-corrected chi connectivity index (χ1v) is 11.5. The van der Waals surface area contributed by atoms with Crippen LogP contribution in [0.4, 0.5) is 20.2 Å². The molecule has 168 valence electrons. The Morgan fingerprint density at radius 2 is 1.71 bits per heavy atom. The van der Waals surface area contributed by atoms with E-state index >= 15 is 0 Å². The zero-order chi connectivity index (χ0) is 23.3. The molecule has 0 heterocycles. The minimum atomic E-state index is -4.03. The predicted molar refractivity (Wildman–Crippen MR) is 115 cm³/mol. The minimum Gasteiger partial charge on any atom is -0.350 e. The second kappa shape index (κ2) is 9.86. The number of nitrogens with zero attached hydrogens (tertiary/aromatic N) is 1. The number of benzene rings is 2. The van der Waals surface area contributed by atoms with Crippen molar-refractivity contribution in [2.24, 2.45) is 0 Å². The van der Waals surface area contributed by atoms with Crippen LogP contribution in [0.5, 0.6) is 0 Å². The zero-order valence-electron chi connectivity index (χ0n) is 17.6. The predicted octanol–water partition coefficient (Wildman–Crippen LogP) is 3.29. The number of hydrogen-bond donors (Lipinski definition) is 2. The number of rotatable bonds is 8.